The number of hydrogen-bond donors (Lipinski definition) is 2. The second-order valence-corrected chi connectivity index (χ2v) is 10.2. The Hall–Kier alpha value is -3.53. The summed E-state index contributed by atoms with van der Waals surface area (Å²) in [7, 11) is -3.96. The quantitative estimate of drug-likeness (QED) is 0.647. The molecule has 1 saturated heterocycles. The Bertz CT molecular complexity index is 1320. The van der Waals surface area contributed by atoms with E-state index in [0.717, 1.165) is 10.5 Å². The van der Waals surface area contributed by atoms with Crippen LogP contribution in [0.4, 0.5) is 5.69 Å². The maximum atomic E-state index is 13.1. The molecule has 2 N–H and O–H groups in total. The largest absolute Gasteiger partial charge is 0.295 e. The van der Waals surface area contributed by atoms with E-state index in [-0.39, 0.29) is 40.5 Å². The highest BCUT2D eigenvalue weighted by atomic mass is 32.2. The van der Waals surface area contributed by atoms with Crippen molar-refractivity contribution in [1.29, 1.82) is 0 Å². The third-order valence-corrected chi connectivity index (χ3v) is 7.22. The number of carbonyl (C=O) groups excluding carboxylic acids is 4. The summed E-state index contributed by atoms with van der Waals surface area (Å²) >= 11 is 0. The van der Waals surface area contributed by atoms with Gasteiger partial charge in [0.1, 0.15) is 6.04 Å². The van der Waals surface area contributed by atoms with E-state index in [0.29, 0.717) is 5.56 Å². The van der Waals surface area contributed by atoms with E-state index >= 15 is 0 Å². The molecule has 4 rings (SSSR count). The number of aryl methyl sites for hydroxylation is 1. The van der Waals surface area contributed by atoms with Gasteiger partial charge in [0.05, 0.1) is 16.0 Å². The molecular formula is C23H23N3O6S. The van der Waals surface area contributed by atoms with Crippen molar-refractivity contribution in [3.8, 4) is 0 Å². The number of anilines is 1. The van der Waals surface area contributed by atoms with Crippen LogP contribution in [0.15, 0.2) is 41.3 Å². The lowest BCUT2D eigenvalue weighted by atomic mass is 10.0. The molecular weight excluding hydrogens is 446 g/mol. The maximum absolute atomic E-state index is 13.1. The Morgan fingerprint density at radius 2 is 1.70 bits per heavy atom. The number of piperidine rings is 1. The lowest BCUT2D eigenvalue weighted by Gasteiger charge is -2.27. The van der Waals surface area contributed by atoms with Crippen molar-refractivity contribution in [3.63, 3.8) is 0 Å². The Morgan fingerprint density at radius 1 is 1.00 bits per heavy atom. The van der Waals surface area contributed by atoms with Gasteiger partial charge in [0.2, 0.25) is 11.8 Å². The monoisotopic (exact) mass is 469 g/mol. The second kappa shape index (κ2) is 8.11. The highest BCUT2D eigenvalue weighted by molar-refractivity contribution is 7.92. The Balaban J connectivity index is 1.64. The van der Waals surface area contributed by atoms with Crippen molar-refractivity contribution in [1.82, 2.24) is 10.2 Å². The van der Waals surface area contributed by atoms with Crippen LogP contribution in [0.5, 0.6) is 0 Å². The molecule has 2 aromatic rings. The van der Waals surface area contributed by atoms with Gasteiger partial charge in [-0.1, -0.05) is 31.5 Å². The number of amides is 4. The first-order valence-corrected chi connectivity index (χ1v) is 12.0. The third kappa shape index (κ3) is 4.02. The van der Waals surface area contributed by atoms with E-state index in [1.54, 1.807) is 12.1 Å². The maximum Gasteiger partial charge on any atom is 0.262 e. The summed E-state index contributed by atoms with van der Waals surface area (Å²) in [6.07, 6.45) is 0.0601. The Morgan fingerprint density at radius 3 is 2.36 bits per heavy atom. The van der Waals surface area contributed by atoms with E-state index in [1.165, 1.54) is 18.2 Å². The van der Waals surface area contributed by atoms with Crippen LogP contribution in [0.3, 0.4) is 0 Å². The minimum Gasteiger partial charge on any atom is -0.295 e. The number of hydrogen-bond acceptors (Lipinski definition) is 6. The molecule has 0 bridgehead atoms. The molecule has 4 amide bonds. The van der Waals surface area contributed by atoms with Gasteiger partial charge < -0.3 is 0 Å². The summed E-state index contributed by atoms with van der Waals surface area (Å²) in [5, 5.41) is 2.14. The van der Waals surface area contributed by atoms with Crippen LogP contribution >= 0.6 is 0 Å². The first-order valence-electron chi connectivity index (χ1n) is 10.5. The topological polar surface area (TPSA) is 130 Å². The van der Waals surface area contributed by atoms with Gasteiger partial charge in [-0.3, -0.25) is 34.1 Å². The standard InChI is InChI=1S/C23H23N3O6S/c1-12(2)16-10-13(3)4-8-19(16)33(31,32)25-14-5-6-15-17(11-14)23(30)26(22(15)29)18-7-9-20(27)24-21(18)28/h4-6,8,10-12,18,25H,7,9H2,1-3H3,(H,24,27,28). The molecule has 2 heterocycles. The molecule has 2 aromatic carbocycles. The SMILES string of the molecule is Cc1ccc(S(=O)(=O)Nc2ccc3c(c2)C(=O)N(C2CCC(=O)NC2=O)C3=O)c(C(C)C)c1. The van der Waals surface area contributed by atoms with Crippen molar-refractivity contribution >= 4 is 39.3 Å². The van der Waals surface area contributed by atoms with Crippen LogP contribution in [-0.2, 0) is 19.6 Å². The normalized spacial score (nSPS) is 18.5. The Kier molecular flexibility index (Phi) is 5.57. The minimum atomic E-state index is -3.96. The summed E-state index contributed by atoms with van der Waals surface area (Å²) in [6.45, 7) is 5.68. The average Bonchev–Trinajstić information content (AvgIpc) is 2.97. The summed E-state index contributed by atoms with van der Waals surface area (Å²) in [5.74, 6) is -2.55. The molecule has 9 nitrogen and oxygen atoms in total. The van der Waals surface area contributed by atoms with E-state index in [9.17, 15) is 27.6 Å². The number of benzene rings is 2. The average molecular weight is 470 g/mol. The van der Waals surface area contributed by atoms with Crippen LogP contribution in [0.2, 0.25) is 0 Å². The van der Waals surface area contributed by atoms with Gasteiger partial charge in [-0.15, -0.1) is 0 Å². The fourth-order valence-corrected chi connectivity index (χ4v) is 5.51. The van der Waals surface area contributed by atoms with Gasteiger partial charge >= 0.3 is 0 Å². The van der Waals surface area contributed by atoms with Crippen molar-refractivity contribution in [3.05, 3.63) is 58.7 Å². The second-order valence-electron chi connectivity index (χ2n) is 8.51. The number of carbonyl (C=O) groups is 4. The first-order chi connectivity index (χ1) is 15.5. The molecule has 0 spiro atoms. The molecule has 33 heavy (non-hydrogen) atoms. The number of sulfonamides is 1. The molecule has 172 valence electrons. The van der Waals surface area contributed by atoms with Gasteiger partial charge in [-0.05, 0) is 49.1 Å². The van der Waals surface area contributed by atoms with Crippen LogP contribution in [0.1, 0.15) is 64.4 Å². The predicted octanol–water partition coefficient (Wildman–Crippen LogP) is 2.32. The van der Waals surface area contributed by atoms with Crippen molar-refractivity contribution in [2.45, 2.75) is 50.5 Å². The molecule has 1 atom stereocenters. The smallest absolute Gasteiger partial charge is 0.262 e. The number of rotatable bonds is 5. The number of nitrogens with zero attached hydrogens (tertiary/aromatic N) is 1. The van der Waals surface area contributed by atoms with Crippen molar-refractivity contribution in [2.24, 2.45) is 0 Å². The molecule has 10 heteroatoms. The van der Waals surface area contributed by atoms with Gasteiger partial charge in [-0.25, -0.2) is 8.42 Å². The zero-order valence-electron chi connectivity index (χ0n) is 18.3. The van der Waals surface area contributed by atoms with E-state index in [4.69, 9.17) is 0 Å². The van der Waals surface area contributed by atoms with E-state index in [1.807, 2.05) is 26.8 Å². The van der Waals surface area contributed by atoms with Gasteiger partial charge in [-0.2, -0.15) is 0 Å². The van der Waals surface area contributed by atoms with Crippen LogP contribution in [0, 0.1) is 6.92 Å². The fraction of sp³-hybridized carbons (Fsp3) is 0.304. The summed E-state index contributed by atoms with van der Waals surface area (Å²) in [5.41, 5.74) is 1.80. The van der Waals surface area contributed by atoms with Crippen molar-refractivity contribution < 1.29 is 27.6 Å². The molecule has 0 radical (unpaired) electrons. The van der Waals surface area contributed by atoms with Gasteiger partial charge in [0.25, 0.3) is 21.8 Å². The molecule has 1 unspecified atom stereocenters. The summed E-state index contributed by atoms with van der Waals surface area (Å²) in [6, 6.07) is 8.04. The van der Waals surface area contributed by atoms with Gasteiger partial charge in [0, 0.05) is 12.1 Å². The molecule has 0 saturated carbocycles. The fourth-order valence-electron chi connectivity index (χ4n) is 4.11. The molecule has 1 fully saturated rings. The number of fused-ring (bicyclic) bond motifs is 1. The van der Waals surface area contributed by atoms with Crippen LogP contribution < -0.4 is 10.0 Å². The number of imide groups is 2. The molecule has 0 aromatic heterocycles. The number of nitrogens with one attached hydrogen (secondary N) is 2. The van der Waals surface area contributed by atoms with E-state index in [2.05, 4.69) is 10.0 Å². The van der Waals surface area contributed by atoms with Crippen LogP contribution in [-0.4, -0.2) is 43.0 Å². The molecule has 2 aliphatic rings. The molecule has 0 aliphatic carbocycles. The Labute approximate surface area is 191 Å². The first kappa shape index (κ1) is 22.7. The lowest BCUT2D eigenvalue weighted by Crippen LogP contribution is -2.54. The third-order valence-electron chi connectivity index (χ3n) is 5.77. The predicted molar refractivity (Wildman–Crippen MR) is 119 cm³/mol. The molecule has 2 aliphatic heterocycles. The van der Waals surface area contributed by atoms with Crippen LogP contribution in [0.25, 0.3) is 0 Å². The van der Waals surface area contributed by atoms with Crippen molar-refractivity contribution in [2.75, 3.05) is 4.72 Å². The lowest BCUT2D eigenvalue weighted by molar-refractivity contribution is -0.136. The minimum absolute atomic E-state index is 0.00195. The highest BCUT2D eigenvalue weighted by Crippen LogP contribution is 2.31. The zero-order chi connectivity index (χ0) is 24.1. The zero-order valence-corrected chi connectivity index (χ0v) is 19.2. The summed E-state index contributed by atoms with van der Waals surface area (Å²) < 4.78 is 28.7. The summed E-state index contributed by atoms with van der Waals surface area (Å²) in [4.78, 5) is 50.3. The van der Waals surface area contributed by atoms with E-state index < -0.39 is 39.7 Å². The highest BCUT2D eigenvalue weighted by Gasteiger charge is 2.44. The van der Waals surface area contributed by atoms with Gasteiger partial charge in [0.15, 0.2) is 0 Å².